The van der Waals surface area contributed by atoms with Crippen LogP contribution in [-0.4, -0.2) is 53.7 Å². The maximum absolute atomic E-state index is 13.0. The molecule has 142 valence electrons. The monoisotopic (exact) mass is 378 g/mol. The van der Waals surface area contributed by atoms with E-state index in [0.717, 1.165) is 24.8 Å². The zero-order valence-electron chi connectivity index (χ0n) is 15.3. The fourth-order valence-corrected chi connectivity index (χ4v) is 4.38. The lowest BCUT2D eigenvalue weighted by Gasteiger charge is -2.38. The number of para-hydroxylation sites is 2. The first-order valence-electron chi connectivity index (χ1n) is 8.93. The van der Waals surface area contributed by atoms with E-state index in [1.807, 2.05) is 36.1 Å². The molecule has 1 aromatic carbocycles. The number of nitrogens with zero attached hydrogens (tertiary/aromatic N) is 3. The van der Waals surface area contributed by atoms with Gasteiger partial charge in [0.25, 0.3) is 0 Å². The second-order valence-electron chi connectivity index (χ2n) is 7.18. The predicted molar refractivity (Wildman–Crippen MR) is 101 cm³/mol. The van der Waals surface area contributed by atoms with Gasteiger partial charge in [-0.25, -0.2) is 13.4 Å². The van der Waals surface area contributed by atoms with Crippen LogP contribution in [0.2, 0.25) is 0 Å². The second kappa shape index (κ2) is 7.36. The van der Waals surface area contributed by atoms with Gasteiger partial charge >= 0.3 is 0 Å². The first kappa shape index (κ1) is 18.8. The third-order valence-electron chi connectivity index (χ3n) is 4.89. The molecule has 1 aliphatic heterocycles. The number of benzene rings is 1. The van der Waals surface area contributed by atoms with Crippen molar-refractivity contribution in [3.05, 3.63) is 30.1 Å². The number of imidazole rings is 1. The van der Waals surface area contributed by atoms with Gasteiger partial charge in [-0.3, -0.25) is 4.79 Å². The molecule has 0 unspecified atom stereocenters. The van der Waals surface area contributed by atoms with Crippen LogP contribution in [-0.2, 0) is 26.9 Å². The van der Waals surface area contributed by atoms with Gasteiger partial charge in [-0.15, -0.1) is 0 Å². The second-order valence-corrected chi connectivity index (χ2v) is 9.32. The van der Waals surface area contributed by atoms with Crippen molar-refractivity contribution >= 4 is 26.8 Å². The predicted octanol–water partition coefficient (Wildman–Crippen LogP) is 1.31. The van der Waals surface area contributed by atoms with Crippen molar-refractivity contribution in [1.82, 2.24) is 14.5 Å². The van der Waals surface area contributed by atoms with Crippen molar-refractivity contribution in [1.29, 1.82) is 0 Å². The summed E-state index contributed by atoms with van der Waals surface area (Å²) in [5.41, 5.74) is 7.55. The average molecular weight is 378 g/mol. The van der Waals surface area contributed by atoms with E-state index in [9.17, 15) is 13.2 Å². The number of fused-ring (bicyclic) bond motifs is 1. The molecule has 1 fully saturated rings. The zero-order chi connectivity index (χ0) is 18.9. The van der Waals surface area contributed by atoms with Gasteiger partial charge in [0, 0.05) is 24.9 Å². The molecule has 2 heterocycles. The topological polar surface area (TPSA) is 98.3 Å². The number of sulfone groups is 1. The van der Waals surface area contributed by atoms with E-state index < -0.39 is 9.84 Å². The summed E-state index contributed by atoms with van der Waals surface area (Å²) >= 11 is 0. The molecule has 2 atom stereocenters. The molecule has 7 nitrogen and oxygen atoms in total. The highest BCUT2D eigenvalue weighted by Crippen LogP contribution is 2.22. The SMILES string of the molecule is C[C@H](N)[C@@H]1CCCCN1C(=O)Cn1c(CS(C)(=O)=O)nc2ccccc21. The molecule has 8 heteroatoms. The van der Waals surface area contributed by atoms with Crippen molar-refractivity contribution in [2.45, 2.75) is 50.6 Å². The van der Waals surface area contributed by atoms with Gasteiger partial charge < -0.3 is 15.2 Å². The standard InChI is InChI=1S/C18H26N4O3S/c1-13(19)15-8-5-6-10-21(15)18(23)11-22-16-9-4-3-7-14(16)20-17(22)12-26(2,24)25/h3-4,7,9,13,15H,5-6,8,10-12,19H2,1-2H3/t13-,15-/m0/s1. The van der Waals surface area contributed by atoms with Crippen LogP contribution in [0.15, 0.2) is 24.3 Å². The number of rotatable bonds is 5. The molecule has 3 rings (SSSR count). The summed E-state index contributed by atoms with van der Waals surface area (Å²) < 4.78 is 25.3. The molecule has 1 saturated heterocycles. The number of nitrogens with two attached hydrogens (primary N) is 1. The molecule has 1 aromatic heterocycles. The Labute approximate surface area is 154 Å². The Kier molecular flexibility index (Phi) is 5.34. The number of hydrogen-bond acceptors (Lipinski definition) is 5. The summed E-state index contributed by atoms with van der Waals surface area (Å²) in [5, 5.41) is 0. The number of amides is 1. The number of carbonyl (C=O) groups is 1. The fraction of sp³-hybridized carbons (Fsp3) is 0.556. The Morgan fingerprint density at radius 2 is 2.08 bits per heavy atom. The van der Waals surface area contributed by atoms with Gasteiger partial charge in [-0.2, -0.15) is 0 Å². The van der Waals surface area contributed by atoms with Crippen LogP contribution in [0.4, 0.5) is 0 Å². The van der Waals surface area contributed by atoms with Crippen molar-refractivity contribution in [3.63, 3.8) is 0 Å². The summed E-state index contributed by atoms with van der Waals surface area (Å²) in [7, 11) is -3.26. The first-order valence-corrected chi connectivity index (χ1v) is 11.0. The average Bonchev–Trinajstić information content (AvgIpc) is 2.90. The number of hydrogen-bond donors (Lipinski definition) is 1. The number of likely N-dealkylation sites (tertiary alicyclic amines) is 1. The summed E-state index contributed by atoms with van der Waals surface area (Å²) in [6.45, 7) is 2.70. The summed E-state index contributed by atoms with van der Waals surface area (Å²) in [6, 6.07) is 7.34. The molecule has 1 aliphatic rings. The minimum Gasteiger partial charge on any atom is -0.337 e. The van der Waals surface area contributed by atoms with Crippen molar-refractivity contribution in [2.24, 2.45) is 5.73 Å². The highest BCUT2D eigenvalue weighted by molar-refractivity contribution is 7.89. The maximum Gasteiger partial charge on any atom is 0.242 e. The highest BCUT2D eigenvalue weighted by Gasteiger charge is 2.30. The molecule has 26 heavy (non-hydrogen) atoms. The van der Waals surface area contributed by atoms with E-state index in [1.54, 1.807) is 4.57 Å². The van der Waals surface area contributed by atoms with Gasteiger partial charge in [0.05, 0.1) is 11.0 Å². The van der Waals surface area contributed by atoms with Gasteiger partial charge in [0.1, 0.15) is 18.1 Å². The van der Waals surface area contributed by atoms with Gasteiger partial charge in [0.2, 0.25) is 5.91 Å². The highest BCUT2D eigenvalue weighted by atomic mass is 32.2. The molecule has 2 aromatic rings. The molecule has 2 N–H and O–H groups in total. The van der Waals surface area contributed by atoms with E-state index >= 15 is 0 Å². The summed E-state index contributed by atoms with van der Waals surface area (Å²) in [4.78, 5) is 19.3. The van der Waals surface area contributed by atoms with Gasteiger partial charge in [-0.1, -0.05) is 12.1 Å². The molecule has 0 spiro atoms. The minimum absolute atomic E-state index is 0.0318. The Morgan fingerprint density at radius 3 is 2.77 bits per heavy atom. The van der Waals surface area contributed by atoms with Crippen LogP contribution in [0.3, 0.4) is 0 Å². The molecule has 0 aliphatic carbocycles. The smallest absolute Gasteiger partial charge is 0.242 e. The molecule has 0 radical (unpaired) electrons. The van der Waals surface area contributed by atoms with E-state index in [1.165, 1.54) is 6.26 Å². The van der Waals surface area contributed by atoms with Crippen LogP contribution in [0.1, 0.15) is 32.0 Å². The third kappa shape index (κ3) is 4.07. The number of piperidine rings is 1. The van der Waals surface area contributed by atoms with Gasteiger partial charge in [-0.05, 0) is 38.3 Å². The quantitative estimate of drug-likeness (QED) is 0.846. The van der Waals surface area contributed by atoms with Crippen molar-refractivity contribution < 1.29 is 13.2 Å². The Morgan fingerprint density at radius 1 is 1.35 bits per heavy atom. The van der Waals surface area contributed by atoms with E-state index in [0.29, 0.717) is 17.9 Å². The number of carbonyl (C=O) groups excluding carboxylic acids is 1. The van der Waals surface area contributed by atoms with Crippen molar-refractivity contribution in [2.75, 3.05) is 12.8 Å². The fourth-order valence-electron chi connectivity index (χ4n) is 3.69. The lowest BCUT2D eigenvalue weighted by molar-refractivity contribution is -0.135. The van der Waals surface area contributed by atoms with E-state index in [4.69, 9.17) is 5.73 Å². The van der Waals surface area contributed by atoms with Crippen molar-refractivity contribution in [3.8, 4) is 0 Å². The van der Waals surface area contributed by atoms with E-state index in [2.05, 4.69) is 4.98 Å². The lowest BCUT2D eigenvalue weighted by Crippen LogP contribution is -2.52. The minimum atomic E-state index is -3.26. The van der Waals surface area contributed by atoms with Crippen LogP contribution in [0, 0.1) is 0 Å². The lowest BCUT2D eigenvalue weighted by atomic mass is 9.97. The maximum atomic E-state index is 13.0. The Balaban J connectivity index is 1.94. The molecular weight excluding hydrogens is 352 g/mol. The molecular formula is C18H26N4O3S. The number of aromatic nitrogens is 2. The molecule has 1 amide bonds. The molecule has 0 saturated carbocycles. The van der Waals surface area contributed by atoms with Crippen LogP contribution in [0.25, 0.3) is 11.0 Å². The Bertz CT molecular complexity index is 904. The zero-order valence-corrected chi connectivity index (χ0v) is 16.1. The largest absolute Gasteiger partial charge is 0.337 e. The summed E-state index contributed by atoms with van der Waals surface area (Å²) in [6.07, 6.45) is 4.12. The van der Waals surface area contributed by atoms with Gasteiger partial charge in [0.15, 0.2) is 9.84 Å². The van der Waals surface area contributed by atoms with E-state index in [-0.39, 0.29) is 30.3 Å². The molecule has 0 bridgehead atoms. The third-order valence-corrected chi connectivity index (χ3v) is 5.68. The first-order chi connectivity index (χ1) is 12.3. The Hall–Kier alpha value is -1.93. The van der Waals surface area contributed by atoms with Crippen LogP contribution < -0.4 is 5.73 Å². The van der Waals surface area contributed by atoms with Crippen LogP contribution in [0.5, 0.6) is 0 Å². The van der Waals surface area contributed by atoms with Crippen LogP contribution >= 0.6 is 0 Å². The summed E-state index contributed by atoms with van der Waals surface area (Å²) in [5.74, 6) is 0.174. The normalized spacial score (nSPS) is 19.7.